The molecule has 2 heterocycles. The van der Waals surface area contributed by atoms with Crippen LogP contribution in [0.5, 0.6) is 0 Å². The highest BCUT2D eigenvalue weighted by molar-refractivity contribution is 7.89. The van der Waals surface area contributed by atoms with Crippen molar-refractivity contribution in [2.75, 3.05) is 20.2 Å². The first kappa shape index (κ1) is 23.0. The van der Waals surface area contributed by atoms with Crippen molar-refractivity contribution < 1.29 is 22.7 Å². The number of nitrogens with one attached hydrogen (secondary N) is 1. The molecule has 174 valence electrons. The van der Waals surface area contributed by atoms with E-state index in [1.54, 1.807) is 30.9 Å². The minimum atomic E-state index is -3.92. The fraction of sp³-hybridized carbons (Fsp3) is 0.333. The quantitative estimate of drug-likeness (QED) is 0.568. The molecule has 1 saturated heterocycles. The average molecular weight is 470 g/mol. The number of hydrogen-bond donors (Lipinski definition) is 2. The Balaban J connectivity index is 1.54. The number of benzene rings is 2. The molecule has 0 spiro atoms. The number of nitrogens with zero attached hydrogens (tertiary/aromatic N) is 1. The number of piperidine rings is 1. The van der Waals surface area contributed by atoms with Gasteiger partial charge < -0.3 is 14.6 Å². The summed E-state index contributed by atoms with van der Waals surface area (Å²) >= 11 is 0. The SMILES string of the molecule is COC(=O)c1ccc2[nH]cc(C3CCN(C(=O)c4cc(C)c(C)c(S(N)(=O)=O)c4)CC3)c2c1. The number of fused-ring (bicyclic) bond motifs is 1. The van der Waals surface area contributed by atoms with Gasteiger partial charge in [0.25, 0.3) is 5.91 Å². The molecule has 3 aromatic rings. The van der Waals surface area contributed by atoms with Crippen LogP contribution in [0.4, 0.5) is 0 Å². The number of methoxy groups -OCH3 is 1. The lowest BCUT2D eigenvalue weighted by Gasteiger charge is -2.32. The van der Waals surface area contributed by atoms with Crippen LogP contribution >= 0.6 is 0 Å². The summed E-state index contributed by atoms with van der Waals surface area (Å²) in [6, 6.07) is 8.53. The summed E-state index contributed by atoms with van der Waals surface area (Å²) in [5.74, 6) is -0.347. The monoisotopic (exact) mass is 469 g/mol. The molecule has 0 radical (unpaired) electrons. The highest BCUT2D eigenvalue weighted by atomic mass is 32.2. The topological polar surface area (TPSA) is 123 Å². The Kier molecular flexibility index (Phi) is 6.02. The molecule has 2 aromatic carbocycles. The van der Waals surface area contributed by atoms with Gasteiger partial charge in [-0.15, -0.1) is 0 Å². The van der Waals surface area contributed by atoms with Crippen molar-refractivity contribution in [2.24, 2.45) is 5.14 Å². The van der Waals surface area contributed by atoms with Gasteiger partial charge in [-0.25, -0.2) is 18.4 Å². The molecule has 33 heavy (non-hydrogen) atoms. The summed E-state index contributed by atoms with van der Waals surface area (Å²) in [6.07, 6.45) is 3.48. The molecule has 1 aromatic heterocycles. The van der Waals surface area contributed by atoms with Gasteiger partial charge in [0.2, 0.25) is 10.0 Å². The van der Waals surface area contributed by atoms with Crippen LogP contribution in [0.1, 0.15) is 56.2 Å². The first-order chi connectivity index (χ1) is 15.6. The Bertz CT molecular complexity index is 1350. The number of hydrogen-bond acceptors (Lipinski definition) is 5. The zero-order chi connectivity index (χ0) is 23.9. The first-order valence-electron chi connectivity index (χ1n) is 10.7. The van der Waals surface area contributed by atoms with Crippen LogP contribution < -0.4 is 5.14 Å². The number of carbonyl (C=O) groups excluding carboxylic acids is 2. The van der Waals surface area contributed by atoms with E-state index in [1.807, 2.05) is 18.3 Å². The van der Waals surface area contributed by atoms with Gasteiger partial charge in [-0.1, -0.05) is 0 Å². The van der Waals surface area contributed by atoms with E-state index >= 15 is 0 Å². The predicted octanol–water partition coefficient (Wildman–Crippen LogP) is 3.24. The third kappa shape index (κ3) is 4.38. The third-order valence-electron chi connectivity index (χ3n) is 6.53. The lowest BCUT2D eigenvalue weighted by atomic mass is 9.88. The fourth-order valence-corrected chi connectivity index (χ4v) is 5.43. The number of aromatic nitrogens is 1. The van der Waals surface area contributed by atoms with E-state index in [9.17, 15) is 18.0 Å². The van der Waals surface area contributed by atoms with Gasteiger partial charge >= 0.3 is 5.97 Å². The molecule has 0 bridgehead atoms. The largest absolute Gasteiger partial charge is 0.465 e. The van der Waals surface area contributed by atoms with Crippen LogP contribution in [-0.2, 0) is 14.8 Å². The minimum Gasteiger partial charge on any atom is -0.465 e. The second-order valence-electron chi connectivity index (χ2n) is 8.52. The number of amides is 1. The van der Waals surface area contributed by atoms with Crippen LogP contribution in [0.3, 0.4) is 0 Å². The van der Waals surface area contributed by atoms with Crippen LogP contribution in [0.2, 0.25) is 0 Å². The van der Waals surface area contributed by atoms with Gasteiger partial charge in [0.05, 0.1) is 17.6 Å². The number of sulfonamides is 1. The van der Waals surface area contributed by atoms with Gasteiger partial charge in [-0.3, -0.25) is 4.79 Å². The van der Waals surface area contributed by atoms with Crippen molar-refractivity contribution in [2.45, 2.75) is 37.5 Å². The van der Waals surface area contributed by atoms with Crippen LogP contribution in [-0.4, -0.2) is 50.4 Å². The normalized spacial score (nSPS) is 15.1. The number of aryl methyl sites for hydroxylation is 1. The van der Waals surface area contributed by atoms with E-state index < -0.39 is 10.0 Å². The van der Waals surface area contributed by atoms with Gasteiger partial charge in [-0.05, 0) is 79.6 Å². The number of ether oxygens (including phenoxy) is 1. The van der Waals surface area contributed by atoms with E-state index in [-0.39, 0.29) is 22.7 Å². The van der Waals surface area contributed by atoms with E-state index in [1.165, 1.54) is 13.2 Å². The minimum absolute atomic E-state index is 0.0130. The second-order valence-corrected chi connectivity index (χ2v) is 10.1. The van der Waals surface area contributed by atoms with Crippen molar-refractivity contribution in [3.8, 4) is 0 Å². The maximum atomic E-state index is 13.1. The first-order valence-corrected chi connectivity index (χ1v) is 12.3. The summed E-state index contributed by atoms with van der Waals surface area (Å²) in [7, 11) is -2.56. The van der Waals surface area contributed by atoms with E-state index in [0.29, 0.717) is 35.3 Å². The predicted molar refractivity (Wildman–Crippen MR) is 125 cm³/mol. The molecular formula is C24H27N3O5S. The second kappa shape index (κ2) is 8.64. The molecule has 0 atom stereocenters. The van der Waals surface area contributed by atoms with Gasteiger partial charge in [0.15, 0.2) is 0 Å². The smallest absolute Gasteiger partial charge is 0.337 e. The zero-order valence-electron chi connectivity index (χ0n) is 18.8. The lowest BCUT2D eigenvalue weighted by Crippen LogP contribution is -2.38. The molecule has 4 rings (SSSR count). The number of H-pyrrole nitrogens is 1. The van der Waals surface area contributed by atoms with Crippen molar-refractivity contribution in [1.29, 1.82) is 0 Å². The maximum Gasteiger partial charge on any atom is 0.337 e. The molecule has 3 N–H and O–H groups in total. The number of aromatic amines is 1. The number of carbonyl (C=O) groups is 2. The van der Waals surface area contributed by atoms with Gasteiger partial charge in [0.1, 0.15) is 0 Å². The van der Waals surface area contributed by atoms with E-state index in [4.69, 9.17) is 9.88 Å². The Morgan fingerprint density at radius 1 is 1.09 bits per heavy atom. The highest BCUT2D eigenvalue weighted by Crippen LogP contribution is 2.34. The van der Waals surface area contributed by atoms with E-state index in [0.717, 1.165) is 29.3 Å². The number of nitrogens with two attached hydrogens (primary N) is 1. The Morgan fingerprint density at radius 2 is 1.79 bits per heavy atom. The highest BCUT2D eigenvalue weighted by Gasteiger charge is 2.27. The molecular weight excluding hydrogens is 442 g/mol. The number of primary sulfonamides is 1. The van der Waals surface area contributed by atoms with Gasteiger partial charge in [-0.2, -0.15) is 0 Å². The standard InChI is InChI=1S/C24H27N3O5S/c1-14-10-18(12-22(15(14)2)33(25,30)31)23(28)27-8-6-16(7-9-27)20-13-26-21-5-4-17(11-19(20)21)24(29)32-3/h4-5,10-13,16,26H,6-9H2,1-3H3,(H2,25,30,31). The van der Waals surface area contributed by atoms with E-state index in [2.05, 4.69) is 4.98 Å². The van der Waals surface area contributed by atoms with Crippen molar-refractivity contribution >= 4 is 32.8 Å². The summed E-state index contributed by atoms with van der Waals surface area (Å²) < 4.78 is 28.7. The number of esters is 1. The third-order valence-corrected chi connectivity index (χ3v) is 7.57. The number of likely N-dealkylation sites (tertiary alicyclic amines) is 1. The van der Waals surface area contributed by atoms with Gasteiger partial charge in [0, 0.05) is 35.8 Å². The summed E-state index contributed by atoms with van der Waals surface area (Å²) in [4.78, 5) is 30.1. The summed E-state index contributed by atoms with van der Waals surface area (Å²) in [5, 5.41) is 6.33. The molecule has 9 heteroatoms. The average Bonchev–Trinajstić information content (AvgIpc) is 3.22. The van der Waals surface area contributed by atoms with Crippen LogP contribution in [0, 0.1) is 13.8 Å². The molecule has 0 saturated carbocycles. The lowest BCUT2D eigenvalue weighted by molar-refractivity contribution is 0.0600. The molecule has 8 nitrogen and oxygen atoms in total. The molecule has 0 aliphatic carbocycles. The molecule has 1 fully saturated rings. The Labute approximate surface area is 192 Å². The van der Waals surface area contributed by atoms with Crippen LogP contribution in [0.25, 0.3) is 10.9 Å². The Hall–Kier alpha value is -3.17. The Morgan fingerprint density at radius 3 is 2.42 bits per heavy atom. The van der Waals surface area contributed by atoms with Crippen molar-refractivity contribution in [1.82, 2.24) is 9.88 Å². The molecule has 1 amide bonds. The summed E-state index contributed by atoms with van der Waals surface area (Å²) in [6.45, 7) is 4.54. The molecule has 0 unspecified atom stereocenters. The maximum absolute atomic E-state index is 13.1. The van der Waals surface area contributed by atoms with Crippen LogP contribution in [0.15, 0.2) is 41.4 Å². The summed E-state index contributed by atoms with van der Waals surface area (Å²) in [5.41, 5.74) is 4.15. The zero-order valence-corrected chi connectivity index (χ0v) is 19.7. The molecule has 1 aliphatic rings. The van der Waals surface area contributed by atoms with Crippen molar-refractivity contribution in [3.63, 3.8) is 0 Å². The van der Waals surface area contributed by atoms with Crippen molar-refractivity contribution in [3.05, 3.63) is 64.3 Å². The number of rotatable bonds is 4. The fourth-order valence-electron chi connectivity index (χ4n) is 4.55. The molecule has 1 aliphatic heterocycles.